The number of rotatable bonds is 5. The number of amides is 1. The van der Waals surface area contributed by atoms with Gasteiger partial charge >= 0.3 is 0 Å². The first-order valence-electron chi connectivity index (χ1n) is 5.51. The molecule has 6 heteroatoms. The molecule has 0 aliphatic carbocycles. The van der Waals surface area contributed by atoms with Gasteiger partial charge in [-0.05, 0) is 31.0 Å². The number of halogens is 1. The zero-order valence-electron chi connectivity index (χ0n) is 10.4. The number of carbonyl (C=O) groups excluding carboxylic acids is 1. The normalized spacial score (nSPS) is 11.3. The summed E-state index contributed by atoms with van der Waals surface area (Å²) < 4.78 is 22.7. The molecular weight excluding hydrogens is 318 g/mol. The fourth-order valence-corrected chi connectivity index (χ4v) is 2.42. The van der Waals surface area contributed by atoms with Crippen LogP contribution in [0.5, 0.6) is 0 Å². The molecule has 1 amide bonds. The summed E-state index contributed by atoms with van der Waals surface area (Å²) in [7, 11) is -2.96. The predicted molar refractivity (Wildman–Crippen MR) is 75.5 cm³/mol. The summed E-state index contributed by atoms with van der Waals surface area (Å²) in [6, 6.07) is 5.35. The standard InChI is InChI=1S/C12H16BrNO3S/c1-9-4-5-10(8-11(9)13)12(15)14-6-3-7-18(2,16)17/h4-5,8H,3,6-7H2,1-2H3,(H,14,15). The zero-order chi connectivity index (χ0) is 13.8. The first-order valence-corrected chi connectivity index (χ1v) is 8.37. The molecule has 1 aromatic rings. The maximum atomic E-state index is 11.8. The fraction of sp³-hybridized carbons (Fsp3) is 0.417. The number of hydrogen-bond acceptors (Lipinski definition) is 3. The molecule has 100 valence electrons. The Balaban J connectivity index is 2.48. The van der Waals surface area contributed by atoms with E-state index in [4.69, 9.17) is 0 Å². The summed E-state index contributed by atoms with van der Waals surface area (Å²) in [5.41, 5.74) is 1.62. The summed E-state index contributed by atoms with van der Waals surface area (Å²) in [6.07, 6.45) is 1.61. The number of nitrogens with one attached hydrogen (secondary N) is 1. The van der Waals surface area contributed by atoms with Gasteiger partial charge in [-0.1, -0.05) is 22.0 Å². The van der Waals surface area contributed by atoms with Crippen LogP contribution in [0.2, 0.25) is 0 Å². The third-order valence-electron chi connectivity index (χ3n) is 2.41. The summed E-state index contributed by atoms with van der Waals surface area (Å²) in [5, 5.41) is 2.69. The molecule has 4 nitrogen and oxygen atoms in total. The molecule has 0 aliphatic rings. The van der Waals surface area contributed by atoms with E-state index in [1.54, 1.807) is 12.1 Å². The molecule has 1 N–H and O–H groups in total. The highest BCUT2D eigenvalue weighted by Gasteiger charge is 2.07. The summed E-state index contributed by atoms with van der Waals surface area (Å²) >= 11 is 3.36. The highest BCUT2D eigenvalue weighted by Crippen LogP contribution is 2.17. The van der Waals surface area contributed by atoms with Crippen molar-refractivity contribution in [1.29, 1.82) is 0 Å². The second kappa shape index (κ2) is 6.33. The van der Waals surface area contributed by atoms with Crippen molar-refractivity contribution in [1.82, 2.24) is 5.32 Å². The van der Waals surface area contributed by atoms with Gasteiger partial charge in [0.15, 0.2) is 0 Å². The molecule has 18 heavy (non-hydrogen) atoms. The molecular formula is C12H16BrNO3S. The second-order valence-electron chi connectivity index (χ2n) is 4.20. The Morgan fingerprint density at radius 2 is 2.06 bits per heavy atom. The van der Waals surface area contributed by atoms with Crippen molar-refractivity contribution >= 4 is 31.7 Å². The quantitative estimate of drug-likeness (QED) is 0.837. The van der Waals surface area contributed by atoms with Gasteiger partial charge in [0.2, 0.25) is 0 Å². The lowest BCUT2D eigenvalue weighted by Crippen LogP contribution is -2.25. The molecule has 0 fully saturated rings. The monoisotopic (exact) mass is 333 g/mol. The Labute approximate surface area is 116 Å². The Morgan fingerprint density at radius 1 is 1.39 bits per heavy atom. The van der Waals surface area contributed by atoms with Gasteiger partial charge in [-0.2, -0.15) is 0 Å². The number of hydrogen-bond donors (Lipinski definition) is 1. The maximum Gasteiger partial charge on any atom is 0.251 e. The van der Waals surface area contributed by atoms with Crippen molar-refractivity contribution in [2.75, 3.05) is 18.6 Å². The summed E-state index contributed by atoms with van der Waals surface area (Å²) in [4.78, 5) is 11.8. The molecule has 1 aromatic carbocycles. The highest BCUT2D eigenvalue weighted by molar-refractivity contribution is 9.10. The molecule has 0 saturated heterocycles. The SMILES string of the molecule is Cc1ccc(C(=O)NCCCS(C)(=O)=O)cc1Br. The number of carbonyl (C=O) groups is 1. The van der Waals surface area contributed by atoms with Crippen LogP contribution in [0, 0.1) is 6.92 Å². The lowest BCUT2D eigenvalue weighted by Gasteiger charge is -2.06. The Kier molecular flexibility index (Phi) is 5.34. The number of benzene rings is 1. The summed E-state index contributed by atoms with van der Waals surface area (Å²) in [6.45, 7) is 2.30. The first-order chi connectivity index (χ1) is 8.29. The third kappa shape index (κ3) is 5.18. The second-order valence-corrected chi connectivity index (χ2v) is 7.32. The molecule has 0 bridgehead atoms. The van der Waals surface area contributed by atoms with Crippen LogP contribution < -0.4 is 5.32 Å². The van der Waals surface area contributed by atoms with E-state index in [0.29, 0.717) is 18.5 Å². The van der Waals surface area contributed by atoms with E-state index in [2.05, 4.69) is 21.2 Å². The van der Waals surface area contributed by atoms with Crippen LogP contribution in [0.25, 0.3) is 0 Å². The van der Waals surface area contributed by atoms with E-state index in [1.807, 2.05) is 13.0 Å². The van der Waals surface area contributed by atoms with Crippen molar-refractivity contribution in [2.45, 2.75) is 13.3 Å². The van der Waals surface area contributed by atoms with Crippen molar-refractivity contribution in [3.8, 4) is 0 Å². The first kappa shape index (κ1) is 15.2. The average molecular weight is 334 g/mol. The lowest BCUT2D eigenvalue weighted by atomic mass is 10.1. The van der Waals surface area contributed by atoms with E-state index in [-0.39, 0.29) is 11.7 Å². The van der Waals surface area contributed by atoms with E-state index < -0.39 is 9.84 Å². The van der Waals surface area contributed by atoms with Gasteiger partial charge < -0.3 is 5.32 Å². The Hall–Kier alpha value is -0.880. The van der Waals surface area contributed by atoms with Crippen LogP contribution >= 0.6 is 15.9 Å². The molecule has 0 radical (unpaired) electrons. The van der Waals surface area contributed by atoms with Gasteiger partial charge in [0.05, 0.1) is 5.75 Å². The topological polar surface area (TPSA) is 63.2 Å². The van der Waals surface area contributed by atoms with E-state index in [9.17, 15) is 13.2 Å². The van der Waals surface area contributed by atoms with Crippen LogP contribution in [-0.2, 0) is 9.84 Å². The van der Waals surface area contributed by atoms with Gasteiger partial charge in [-0.15, -0.1) is 0 Å². The molecule has 0 atom stereocenters. The van der Waals surface area contributed by atoms with E-state index in [1.165, 1.54) is 6.26 Å². The fourth-order valence-electron chi connectivity index (χ4n) is 1.37. The van der Waals surface area contributed by atoms with Gasteiger partial charge in [0.1, 0.15) is 9.84 Å². The van der Waals surface area contributed by atoms with Gasteiger partial charge in [-0.3, -0.25) is 4.79 Å². The molecule has 0 heterocycles. The molecule has 0 aromatic heterocycles. The smallest absolute Gasteiger partial charge is 0.251 e. The Bertz CT molecular complexity index is 540. The van der Waals surface area contributed by atoms with Crippen molar-refractivity contribution in [2.24, 2.45) is 0 Å². The van der Waals surface area contributed by atoms with Crippen molar-refractivity contribution in [3.05, 3.63) is 33.8 Å². The van der Waals surface area contributed by atoms with Crippen LogP contribution in [0.4, 0.5) is 0 Å². The minimum absolute atomic E-state index is 0.0882. The van der Waals surface area contributed by atoms with Gasteiger partial charge in [-0.25, -0.2) is 8.42 Å². The van der Waals surface area contributed by atoms with Gasteiger partial charge in [0, 0.05) is 22.8 Å². The van der Waals surface area contributed by atoms with Crippen molar-refractivity contribution < 1.29 is 13.2 Å². The predicted octanol–water partition coefficient (Wildman–Crippen LogP) is 1.92. The molecule has 0 aliphatic heterocycles. The van der Waals surface area contributed by atoms with Crippen LogP contribution in [0.15, 0.2) is 22.7 Å². The lowest BCUT2D eigenvalue weighted by molar-refractivity contribution is 0.0953. The van der Waals surface area contributed by atoms with Crippen molar-refractivity contribution in [3.63, 3.8) is 0 Å². The minimum atomic E-state index is -2.96. The van der Waals surface area contributed by atoms with Crippen LogP contribution in [-0.4, -0.2) is 32.9 Å². The largest absolute Gasteiger partial charge is 0.352 e. The highest BCUT2D eigenvalue weighted by atomic mass is 79.9. The molecule has 0 unspecified atom stereocenters. The third-order valence-corrected chi connectivity index (χ3v) is 4.30. The van der Waals surface area contributed by atoms with E-state index >= 15 is 0 Å². The minimum Gasteiger partial charge on any atom is -0.352 e. The Morgan fingerprint density at radius 3 is 2.61 bits per heavy atom. The molecule has 0 saturated carbocycles. The average Bonchev–Trinajstić information content (AvgIpc) is 2.26. The molecule has 1 rings (SSSR count). The van der Waals surface area contributed by atoms with Crippen LogP contribution in [0.1, 0.15) is 22.3 Å². The number of aryl methyl sites for hydroxylation is 1. The number of sulfone groups is 1. The van der Waals surface area contributed by atoms with E-state index in [0.717, 1.165) is 10.0 Å². The van der Waals surface area contributed by atoms with Crippen LogP contribution in [0.3, 0.4) is 0 Å². The summed E-state index contributed by atoms with van der Waals surface area (Å²) in [5.74, 6) is -0.102. The van der Waals surface area contributed by atoms with Gasteiger partial charge in [0.25, 0.3) is 5.91 Å². The maximum absolute atomic E-state index is 11.8. The molecule has 0 spiro atoms. The zero-order valence-corrected chi connectivity index (χ0v) is 12.8.